The molecular weight excluding hydrogens is 206 g/mol. The van der Waals surface area contributed by atoms with Gasteiger partial charge in [-0.15, -0.1) is 0 Å². The monoisotopic (exact) mass is 233 g/mol. The van der Waals surface area contributed by atoms with E-state index in [0.717, 1.165) is 5.92 Å². The minimum atomic E-state index is 0.433. The first kappa shape index (κ1) is 14.2. The Morgan fingerprint density at radius 1 is 0.941 bits per heavy atom. The van der Waals surface area contributed by atoms with Gasteiger partial charge in [0, 0.05) is 12.1 Å². The van der Waals surface area contributed by atoms with Gasteiger partial charge in [-0.2, -0.15) is 0 Å². The molecule has 1 aromatic rings. The van der Waals surface area contributed by atoms with E-state index in [1.165, 1.54) is 23.1 Å². The third-order valence-corrected chi connectivity index (χ3v) is 3.10. The van der Waals surface area contributed by atoms with Crippen molar-refractivity contribution in [1.29, 1.82) is 0 Å². The van der Waals surface area contributed by atoms with E-state index in [4.69, 9.17) is 0 Å². The Balaban J connectivity index is 2.66. The Morgan fingerprint density at radius 2 is 1.47 bits per heavy atom. The van der Waals surface area contributed by atoms with Crippen molar-refractivity contribution in [2.24, 2.45) is 5.92 Å². The van der Waals surface area contributed by atoms with E-state index in [0.29, 0.717) is 12.1 Å². The minimum Gasteiger partial charge on any atom is -0.308 e. The average Bonchev–Trinajstić information content (AvgIpc) is 2.14. The lowest BCUT2D eigenvalue weighted by Gasteiger charge is -2.22. The fourth-order valence-electron chi connectivity index (χ4n) is 2.56. The van der Waals surface area contributed by atoms with Crippen molar-refractivity contribution in [3.8, 4) is 0 Å². The first-order valence-electron chi connectivity index (χ1n) is 6.72. The molecule has 1 heteroatoms. The van der Waals surface area contributed by atoms with E-state index in [9.17, 15) is 0 Å². The number of nitrogens with one attached hydrogen (secondary N) is 1. The van der Waals surface area contributed by atoms with Crippen molar-refractivity contribution < 1.29 is 0 Å². The molecule has 0 fully saturated rings. The molecule has 1 nitrogen and oxygen atoms in total. The lowest BCUT2D eigenvalue weighted by Crippen LogP contribution is -2.30. The Hall–Kier alpha value is -0.820. The standard InChI is InChI=1S/C16H27N/c1-11(2)7-14(5)17-15(6)16-9-12(3)8-13(4)10-16/h8-11,14-15,17H,7H2,1-6H3. The molecule has 1 N–H and O–H groups in total. The van der Waals surface area contributed by atoms with Crippen molar-refractivity contribution in [3.63, 3.8) is 0 Å². The molecule has 1 rings (SSSR count). The highest BCUT2D eigenvalue weighted by Gasteiger charge is 2.11. The number of hydrogen-bond donors (Lipinski definition) is 1. The van der Waals surface area contributed by atoms with Crippen LogP contribution in [0.3, 0.4) is 0 Å². The van der Waals surface area contributed by atoms with E-state index in [-0.39, 0.29) is 0 Å². The SMILES string of the molecule is Cc1cc(C)cc(C(C)NC(C)CC(C)C)c1. The first-order valence-corrected chi connectivity index (χ1v) is 6.72. The zero-order valence-electron chi connectivity index (χ0n) is 12.2. The molecule has 0 bridgehead atoms. The quantitative estimate of drug-likeness (QED) is 0.795. The minimum absolute atomic E-state index is 0.433. The molecule has 2 unspecified atom stereocenters. The second-order valence-corrected chi connectivity index (χ2v) is 5.84. The van der Waals surface area contributed by atoms with Gasteiger partial charge in [-0.05, 0) is 45.6 Å². The molecule has 0 aliphatic heterocycles. The zero-order chi connectivity index (χ0) is 13.0. The number of hydrogen-bond acceptors (Lipinski definition) is 1. The van der Waals surface area contributed by atoms with Gasteiger partial charge in [0.25, 0.3) is 0 Å². The highest BCUT2D eigenvalue weighted by atomic mass is 14.9. The fourth-order valence-corrected chi connectivity index (χ4v) is 2.56. The Bertz CT molecular complexity index is 334. The summed E-state index contributed by atoms with van der Waals surface area (Å²) in [5, 5.41) is 3.68. The lowest BCUT2D eigenvalue weighted by atomic mass is 10.00. The highest BCUT2D eigenvalue weighted by Crippen LogP contribution is 2.18. The van der Waals surface area contributed by atoms with Crippen LogP contribution in [0.4, 0.5) is 0 Å². The van der Waals surface area contributed by atoms with Crippen molar-refractivity contribution in [3.05, 3.63) is 34.9 Å². The van der Waals surface area contributed by atoms with E-state index in [2.05, 4.69) is 65.1 Å². The Kier molecular flexibility index (Phi) is 5.20. The van der Waals surface area contributed by atoms with Crippen LogP contribution in [0.25, 0.3) is 0 Å². The van der Waals surface area contributed by atoms with Crippen LogP contribution in [-0.2, 0) is 0 Å². The van der Waals surface area contributed by atoms with Gasteiger partial charge in [0.15, 0.2) is 0 Å². The van der Waals surface area contributed by atoms with Crippen molar-refractivity contribution in [2.75, 3.05) is 0 Å². The van der Waals surface area contributed by atoms with Crippen LogP contribution in [0.5, 0.6) is 0 Å². The van der Waals surface area contributed by atoms with E-state index in [1.807, 2.05) is 0 Å². The predicted octanol–water partition coefficient (Wildman–Crippen LogP) is 4.39. The molecule has 0 aliphatic carbocycles. The molecule has 0 radical (unpaired) electrons. The molecule has 0 aromatic heterocycles. The molecule has 17 heavy (non-hydrogen) atoms. The van der Waals surface area contributed by atoms with Crippen molar-refractivity contribution >= 4 is 0 Å². The second-order valence-electron chi connectivity index (χ2n) is 5.84. The summed E-state index contributed by atoms with van der Waals surface area (Å²) in [7, 11) is 0. The zero-order valence-corrected chi connectivity index (χ0v) is 12.2. The number of benzene rings is 1. The maximum absolute atomic E-state index is 3.68. The molecule has 0 saturated heterocycles. The maximum atomic E-state index is 3.68. The van der Waals surface area contributed by atoms with Crippen LogP contribution in [0.1, 0.15) is 56.8 Å². The summed E-state index contributed by atoms with van der Waals surface area (Å²) in [6, 6.07) is 7.81. The van der Waals surface area contributed by atoms with Crippen LogP contribution < -0.4 is 5.32 Å². The third-order valence-electron chi connectivity index (χ3n) is 3.10. The van der Waals surface area contributed by atoms with Gasteiger partial charge >= 0.3 is 0 Å². The fraction of sp³-hybridized carbons (Fsp3) is 0.625. The van der Waals surface area contributed by atoms with E-state index in [1.54, 1.807) is 0 Å². The van der Waals surface area contributed by atoms with Crippen molar-refractivity contribution in [2.45, 2.75) is 60.0 Å². The molecule has 0 saturated carbocycles. The van der Waals surface area contributed by atoms with E-state index < -0.39 is 0 Å². The summed E-state index contributed by atoms with van der Waals surface area (Å²) in [6.45, 7) is 13.4. The molecule has 1 aromatic carbocycles. The summed E-state index contributed by atoms with van der Waals surface area (Å²) in [6.07, 6.45) is 1.23. The van der Waals surface area contributed by atoms with Gasteiger partial charge in [0.2, 0.25) is 0 Å². The van der Waals surface area contributed by atoms with Crippen LogP contribution in [0.2, 0.25) is 0 Å². The molecular formula is C16H27N. The Labute approximate surface area is 107 Å². The molecule has 0 aliphatic rings. The predicted molar refractivity (Wildman–Crippen MR) is 76.4 cm³/mol. The summed E-state index contributed by atoms with van der Waals surface area (Å²) >= 11 is 0. The van der Waals surface area contributed by atoms with Gasteiger partial charge in [0.05, 0.1) is 0 Å². The van der Waals surface area contributed by atoms with Gasteiger partial charge in [-0.1, -0.05) is 43.2 Å². The highest BCUT2D eigenvalue weighted by molar-refractivity contribution is 5.30. The molecule has 0 amide bonds. The van der Waals surface area contributed by atoms with Crippen molar-refractivity contribution in [1.82, 2.24) is 5.32 Å². The summed E-state index contributed by atoms with van der Waals surface area (Å²) in [5.74, 6) is 0.754. The number of rotatable bonds is 5. The van der Waals surface area contributed by atoms with Gasteiger partial charge in [-0.25, -0.2) is 0 Å². The Morgan fingerprint density at radius 3 is 1.94 bits per heavy atom. The second kappa shape index (κ2) is 6.20. The molecule has 2 atom stereocenters. The first-order chi connectivity index (χ1) is 7.88. The summed E-state index contributed by atoms with van der Waals surface area (Å²) in [4.78, 5) is 0. The van der Waals surface area contributed by atoms with Gasteiger partial charge < -0.3 is 5.32 Å². The largest absolute Gasteiger partial charge is 0.308 e. The topological polar surface area (TPSA) is 12.0 Å². The summed E-state index contributed by atoms with van der Waals surface area (Å²) < 4.78 is 0. The average molecular weight is 233 g/mol. The summed E-state index contributed by atoms with van der Waals surface area (Å²) in [5.41, 5.74) is 4.11. The van der Waals surface area contributed by atoms with E-state index >= 15 is 0 Å². The van der Waals surface area contributed by atoms with Crippen LogP contribution >= 0.6 is 0 Å². The van der Waals surface area contributed by atoms with Crippen LogP contribution in [0.15, 0.2) is 18.2 Å². The molecule has 0 heterocycles. The molecule has 96 valence electrons. The van der Waals surface area contributed by atoms with Gasteiger partial charge in [0.1, 0.15) is 0 Å². The van der Waals surface area contributed by atoms with Crippen LogP contribution in [-0.4, -0.2) is 6.04 Å². The van der Waals surface area contributed by atoms with Crippen LogP contribution in [0, 0.1) is 19.8 Å². The normalized spacial score (nSPS) is 15.0. The third kappa shape index (κ3) is 4.91. The lowest BCUT2D eigenvalue weighted by molar-refractivity contribution is 0.406. The van der Waals surface area contributed by atoms with Gasteiger partial charge in [-0.3, -0.25) is 0 Å². The number of aryl methyl sites for hydroxylation is 2. The smallest absolute Gasteiger partial charge is 0.0294 e. The molecule has 0 spiro atoms. The maximum Gasteiger partial charge on any atom is 0.0294 e.